The summed E-state index contributed by atoms with van der Waals surface area (Å²) in [7, 11) is -3.67. The smallest absolute Gasteiger partial charge is 0.210 e. The molecule has 1 amide bonds. The summed E-state index contributed by atoms with van der Waals surface area (Å²) in [4.78, 5) is 23.0. The number of anilines is 1. The number of piperidine rings is 1. The molecule has 6 rings (SSSR count). The maximum atomic E-state index is 12.9. The Bertz CT molecular complexity index is 1550. The number of nitrogens with two attached hydrogens (primary N) is 1. The van der Waals surface area contributed by atoms with E-state index in [1.165, 1.54) is 4.52 Å². The Hall–Kier alpha value is -3.79. The van der Waals surface area contributed by atoms with Gasteiger partial charge >= 0.3 is 0 Å². The van der Waals surface area contributed by atoms with Crippen LogP contribution in [0, 0.1) is 0 Å². The van der Waals surface area contributed by atoms with Gasteiger partial charge in [0.05, 0.1) is 17.6 Å². The van der Waals surface area contributed by atoms with Gasteiger partial charge in [0.2, 0.25) is 6.41 Å². The van der Waals surface area contributed by atoms with Crippen molar-refractivity contribution < 1.29 is 13.2 Å². The molecule has 2 aliphatic heterocycles. The van der Waals surface area contributed by atoms with Crippen LogP contribution < -0.4 is 5.73 Å². The molecule has 0 radical (unpaired) electrons. The standard InChI is InChI=1S/C26H26N6O3S/c1-36(34,35)24-23(18-11-19-8-9-20(12-18)31(19)15-33)30-26-21(14-29-32(26)25(24)27)17-7-10-22(28-13-17)16-5-3-2-4-6-16/h2-7,10,13-15,18-20H,8-9,11-12,27H2,1H3/t18?,19-,20?/m1/s1. The van der Waals surface area contributed by atoms with E-state index in [1.54, 1.807) is 12.4 Å². The summed E-state index contributed by atoms with van der Waals surface area (Å²) < 4.78 is 27.1. The lowest BCUT2D eigenvalue weighted by atomic mass is 9.88. The molecule has 4 aromatic rings. The van der Waals surface area contributed by atoms with Gasteiger partial charge in [-0.15, -0.1) is 0 Å². The van der Waals surface area contributed by atoms with Crippen molar-refractivity contribution in [3.05, 3.63) is 60.6 Å². The van der Waals surface area contributed by atoms with Gasteiger partial charge in [-0.1, -0.05) is 36.4 Å². The minimum atomic E-state index is -3.67. The summed E-state index contributed by atoms with van der Waals surface area (Å²) in [5.41, 5.74) is 10.8. The summed E-state index contributed by atoms with van der Waals surface area (Å²) in [5.74, 6) is -0.0557. The molecule has 2 saturated heterocycles. The van der Waals surface area contributed by atoms with Crippen LogP contribution in [0.5, 0.6) is 0 Å². The average Bonchev–Trinajstić information content (AvgIpc) is 3.41. The largest absolute Gasteiger partial charge is 0.382 e. The number of nitrogens with zero attached hydrogens (tertiary/aromatic N) is 5. The topological polar surface area (TPSA) is 124 Å². The molecule has 1 aromatic carbocycles. The third-order valence-corrected chi connectivity index (χ3v) is 8.64. The van der Waals surface area contributed by atoms with E-state index in [0.717, 1.165) is 47.9 Å². The molecule has 5 heterocycles. The first-order valence-electron chi connectivity index (χ1n) is 12.0. The Balaban J connectivity index is 1.46. The number of fused-ring (bicyclic) bond motifs is 3. The molecular formula is C26H26N6O3S. The van der Waals surface area contributed by atoms with Gasteiger partial charge < -0.3 is 10.6 Å². The number of hydrogen-bond donors (Lipinski definition) is 1. The van der Waals surface area contributed by atoms with Crippen LogP contribution >= 0.6 is 0 Å². The summed E-state index contributed by atoms with van der Waals surface area (Å²) in [6.45, 7) is 0. The molecule has 2 fully saturated rings. The maximum Gasteiger partial charge on any atom is 0.210 e. The summed E-state index contributed by atoms with van der Waals surface area (Å²) in [6.07, 6.45) is 8.65. The molecule has 3 atom stereocenters. The number of benzene rings is 1. The van der Waals surface area contributed by atoms with Crippen LogP contribution in [-0.2, 0) is 14.6 Å². The molecule has 0 saturated carbocycles. The molecule has 0 spiro atoms. The molecule has 2 unspecified atom stereocenters. The first-order valence-corrected chi connectivity index (χ1v) is 13.9. The average molecular weight is 503 g/mol. The number of hydrogen-bond acceptors (Lipinski definition) is 7. The van der Waals surface area contributed by atoms with Crippen molar-refractivity contribution in [2.45, 2.75) is 48.6 Å². The Morgan fingerprint density at radius 1 is 1.00 bits per heavy atom. The summed E-state index contributed by atoms with van der Waals surface area (Å²) in [5, 5.41) is 4.39. The Morgan fingerprint density at radius 2 is 1.72 bits per heavy atom. The van der Waals surface area contributed by atoms with Crippen molar-refractivity contribution in [3.63, 3.8) is 0 Å². The van der Waals surface area contributed by atoms with Crippen LogP contribution in [0.3, 0.4) is 0 Å². The summed E-state index contributed by atoms with van der Waals surface area (Å²) in [6, 6.07) is 14.0. The normalized spacial score (nSPS) is 21.7. The van der Waals surface area contributed by atoms with Gasteiger partial charge in [-0.3, -0.25) is 9.78 Å². The van der Waals surface area contributed by atoms with E-state index in [2.05, 4.69) is 10.1 Å². The zero-order valence-electron chi connectivity index (χ0n) is 19.8. The quantitative estimate of drug-likeness (QED) is 0.415. The third-order valence-electron chi connectivity index (χ3n) is 7.48. The minimum Gasteiger partial charge on any atom is -0.382 e. The molecule has 3 aromatic heterocycles. The van der Waals surface area contributed by atoms with Crippen LogP contribution in [-0.4, -0.2) is 57.6 Å². The van der Waals surface area contributed by atoms with Crippen molar-refractivity contribution in [1.82, 2.24) is 24.5 Å². The fourth-order valence-electron chi connectivity index (χ4n) is 5.82. The first-order chi connectivity index (χ1) is 17.3. The number of aromatic nitrogens is 4. The predicted octanol–water partition coefficient (Wildman–Crippen LogP) is 3.31. The number of sulfone groups is 1. The fraction of sp³-hybridized carbons (Fsp3) is 0.308. The molecular weight excluding hydrogens is 476 g/mol. The number of pyridine rings is 1. The van der Waals surface area contributed by atoms with Gasteiger partial charge in [-0.2, -0.15) is 9.61 Å². The first kappa shape index (κ1) is 22.7. The van der Waals surface area contributed by atoms with E-state index in [1.807, 2.05) is 47.4 Å². The number of nitrogen functional groups attached to an aromatic ring is 1. The third kappa shape index (κ3) is 3.63. The van der Waals surface area contributed by atoms with Gasteiger partial charge in [0.15, 0.2) is 15.5 Å². The number of rotatable bonds is 5. The van der Waals surface area contributed by atoms with Crippen LogP contribution in [0.25, 0.3) is 28.0 Å². The lowest BCUT2D eigenvalue weighted by Gasteiger charge is -2.36. The van der Waals surface area contributed by atoms with Crippen LogP contribution in [0.4, 0.5) is 5.82 Å². The molecule has 2 N–H and O–H groups in total. The second kappa shape index (κ2) is 8.41. The van der Waals surface area contributed by atoms with Crippen molar-refractivity contribution >= 4 is 27.7 Å². The highest BCUT2D eigenvalue weighted by Crippen LogP contribution is 2.44. The van der Waals surface area contributed by atoms with Gasteiger partial charge in [-0.05, 0) is 31.7 Å². The lowest BCUT2D eigenvalue weighted by molar-refractivity contribution is -0.122. The zero-order chi connectivity index (χ0) is 25.0. The minimum absolute atomic E-state index is 0.0335. The van der Waals surface area contributed by atoms with Gasteiger partial charge in [0.25, 0.3) is 0 Å². The lowest BCUT2D eigenvalue weighted by Crippen LogP contribution is -2.41. The second-order valence-electron chi connectivity index (χ2n) is 9.68. The van der Waals surface area contributed by atoms with Crippen molar-refractivity contribution in [2.24, 2.45) is 0 Å². The van der Waals surface area contributed by atoms with E-state index in [-0.39, 0.29) is 28.7 Å². The highest BCUT2D eigenvalue weighted by atomic mass is 32.2. The SMILES string of the molecule is CS(=O)(=O)c1c(C2CC3CC[C@H](C2)N3C=O)nc2c(-c3ccc(-c4ccccc4)nc3)cnn2c1N. The van der Waals surface area contributed by atoms with Gasteiger partial charge in [0, 0.05) is 47.1 Å². The van der Waals surface area contributed by atoms with Crippen LogP contribution in [0.2, 0.25) is 0 Å². The maximum absolute atomic E-state index is 12.9. The fourth-order valence-corrected chi connectivity index (χ4v) is 6.88. The monoisotopic (exact) mass is 502 g/mol. The zero-order valence-corrected chi connectivity index (χ0v) is 20.6. The Morgan fingerprint density at radius 3 is 2.33 bits per heavy atom. The van der Waals surface area contributed by atoms with E-state index in [4.69, 9.17) is 10.7 Å². The Kier molecular flexibility index (Phi) is 5.29. The van der Waals surface area contributed by atoms with Crippen LogP contribution in [0.1, 0.15) is 37.3 Å². The number of carbonyl (C=O) groups is 1. The van der Waals surface area contributed by atoms with Crippen molar-refractivity contribution in [2.75, 3.05) is 12.0 Å². The van der Waals surface area contributed by atoms with Crippen molar-refractivity contribution in [1.29, 1.82) is 0 Å². The molecule has 2 aliphatic rings. The van der Waals surface area contributed by atoms with E-state index >= 15 is 0 Å². The summed E-state index contributed by atoms with van der Waals surface area (Å²) >= 11 is 0. The number of amides is 1. The Labute approximate surface area is 208 Å². The van der Waals surface area contributed by atoms with Crippen molar-refractivity contribution in [3.8, 4) is 22.4 Å². The molecule has 2 bridgehead atoms. The second-order valence-corrected chi connectivity index (χ2v) is 11.6. The number of carbonyl (C=O) groups excluding carboxylic acids is 1. The molecule has 184 valence electrons. The van der Waals surface area contributed by atoms with E-state index < -0.39 is 9.84 Å². The predicted molar refractivity (Wildman–Crippen MR) is 136 cm³/mol. The molecule has 0 aliphatic carbocycles. The molecule has 36 heavy (non-hydrogen) atoms. The van der Waals surface area contributed by atoms with Crippen LogP contribution in [0.15, 0.2) is 59.8 Å². The molecule has 9 nitrogen and oxygen atoms in total. The highest BCUT2D eigenvalue weighted by Gasteiger charge is 2.42. The van der Waals surface area contributed by atoms with E-state index in [9.17, 15) is 13.2 Å². The van der Waals surface area contributed by atoms with Gasteiger partial charge in [0.1, 0.15) is 10.7 Å². The molecule has 10 heteroatoms. The van der Waals surface area contributed by atoms with Gasteiger partial charge in [-0.25, -0.2) is 13.4 Å². The highest BCUT2D eigenvalue weighted by molar-refractivity contribution is 7.91. The van der Waals surface area contributed by atoms with E-state index in [0.29, 0.717) is 24.2 Å².